The second-order valence-electron chi connectivity index (χ2n) is 7.93. The summed E-state index contributed by atoms with van der Waals surface area (Å²) in [4.78, 5) is 26.1. The first-order valence-corrected chi connectivity index (χ1v) is 10.3. The number of fused-ring (bicyclic) bond motifs is 1. The second kappa shape index (κ2) is 8.65. The molecule has 2 aromatic carbocycles. The summed E-state index contributed by atoms with van der Waals surface area (Å²) in [6.45, 7) is 1.60. The number of rotatable bonds is 4. The highest BCUT2D eigenvalue weighted by Crippen LogP contribution is 2.47. The standard InChI is InChI=1S/C25H22F3NO3/c1-15-21(24(31)32-14-16-8-3-2-4-9-16)22(23-19(29-15)12-7-13-20(23)30)17-10-5-6-11-18(17)25(26,27)28/h2-6,8-12,22-23,29H,7,13-14H2,1H3. The van der Waals surface area contributed by atoms with Crippen LogP contribution in [0.15, 0.2) is 77.6 Å². The Labute approximate surface area is 183 Å². The van der Waals surface area contributed by atoms with Crippen LogP contribution in [0, 0.1) is 5.92 Å². The zero-order valence-corrected chi connectivity index (χ0v) is 17.4. The molecule has 1 heterocycles. The zero-order chi connectivity index (χ0) is 22.9. The van der Waals surface area contributed by atoms with Crippen molar-refractivity contribution in [3.8, 4) is 0 Å². The highest BCUT2D eigenvalue weighted by atomic mass is 19.4. The van der Waals surface area contributed by atoms with E-state index in [1.54, 1.807) is 31.2 Å². The van der Waals surface area contributed by atoms with Gasteiger partial charge in [0, 0.05) is 23.7 Å². The maximum Gasteiger partial charge on any atom is 0.416 e. The number of hydrogen-bond donors (Lipinski definition) is 1. The summed E-state index contributed by atoms with van der Waals surface area (Å²) in [6, 6.07) is 14.1. The van der Waals surface area contributed by atoms with E-state index in [9.17, 15) is 22.8 Å². The number of ether oxygens (including phenoxy) is 1. The normalized spacial score (nSPS) is 20.9. The molecule has 2 aromatic rings. The minimum atomic E-state index is -4.63. The molecule has 1 aliphatic carbocycles. The van der Waals surface area contributed by atoms with Crippen molar-refractivity contribution >= 4 is 11.8 Å². The maximum absolute atomic E-state index is 13.9. The monoisotopic (exact) mass is 441 g/mol. The molecule has 4 nitrogen and oxygen atoms in total. The molecule has 32 heavy (non-hydrogen) atoms. The van der Waals surface area contributed by atoms with Crippen LogP contribution in [0.25, 0.3) is 0 Å². The average Bonchev–Trinajstić information content (AvgIpc) is 2.77. The summed E-state index contributed by atoms with van der Waals surface area (Å²) >= 11 is 0. The number of carbonyl (C=O) groups excluding carboxylic acids is 2. The highest BCUT2D eigenvalue weighted by molar-refractivity contribution is 5.96. The van der Waals surface area contributed by atoms with Crippen LogP contribution < -0.4 is 5.32 Å². The van der Waals surface area contributed by atoms with Gasteiger partial charge in [0.15, 0.2) is 0 Å². The fourth-order valence-corrected chi connectivity index (χ4v) is 4.45. The number of esters is 1. The topological polar surface area (TPSA) is 55.4 Å². The van der Waals surface area contributed by atoms with Gasteiger partial charge in [0.1, 0.15) is 12.4 Å². The molecule has 2 atom stereocenters. The van der Waals surface area contributed by atoms with Gasteiger partial charge in [-0.1, -0.05) is 54.6 Å². The lowest BCUT2D eigenvalue weighted by Gasteiger charge is -2.38. The van der Waals surface area contributed by atoms with E-state index >= 15 is 0 Å². The molecule has 2 aliphatic rings. The lowest BCUT2D eigenvalue weighted by molar-refractivity contribution is -0.142. The Hall–Kier alpha value is -3.35. The van der Waals surface area contributed by atoms with Crippen molar-refractivity contribution in [2.24, 2.45) is 5.92 Å². The Balaban J connectivity index is 1.80. The molecule has 0 saturated heterocycles. The zero-order valence-electron chi connectivity index (χ0n) is 17.4. The number of halogens is 3. The molecule has 0 aromatic heterocycles. The van der Waals surface area contributed by atoms with E-state index < -0.39 is 29.5 Å². The van der Waals surface area contributed by atoms with Crippen molar-refractivity contribution in [2.75, 3.05) is 0 Å². The summed E-state index contributed by atoms with van der Waals surface area (Å²) in [5.74, 6) is -2.91. The van der Waals surface area contributed by atoms with Crippen molar-refractivity contribution in [1.29, 1.82) is 0 Å². The van der Waals surface area contributed by atoms with Crippen LogP contribution >= 0.6 is 0 Å². The first-order valence-electron chi connectivity index (χ1n) is 10.3. The molecular formula is C25H22F3NO3. The van der Waals surface area contributed by atoms with Gasteiger partial charge in [0.05, 0.1) is 17.1 Å². The van der Waals surface area contributed by atoms with Crippen LogP contribution in [0.5, 0.6) is 0 Å². The average molecular weight is 441 g/mol. The Morgan fingerprint density at radius 3 is 2.47 bits per heavy atom. The van der Waals surface area contributed by atoms with Gasteiger partial charge in [0.2, 0.25) is 0 Å². The third-order valence-corrected chi connectivity index (χ3v) is 5.85. The molecule has 0 saturated carbocycles. The van der Waals surface area contributed by atoms with Gasteiger partial charge in [-0.05, 0) is 30.5 Å². The van der Waals surface area contributed by atoms with E-state index in [2.05, 4.69) is 5.32 Å². The number of alkyl halides is 3. The van der Waals surface area contributed by atoms with Crippen molar-refractivity contribution in [3.05, 3.63) is 94.3 Å². The smallest absolute Gasteiger partial charge is 0.416 e. The first-order chi connectivity index (χ1) is 15.3. The third-order valence-electron chi connectivity index (χ3n) is 5.85. The molecule has 1 N–H and O–H groups in total. The minimum absolute atomic E-state index is 0.0224. The van der Waals surface area contributed by atoms with Crippen LogP contribution in [0.4, 0.5) is 13.2 Å². The fourth-order valence-electron chi connectivity index (χ4n) is 4.45. The van der Waals surface area contributed by atoms with E-state index in [0.717, 1.165) is 11.6 Å². The van der Waals surface area contributed by atoms with E-state index in [1.807, 2.05) is 12.1 Å². The maximum atomic E-state index is 13.9. The van der Waals surface area contributed by atoms with Gasteiger partial charge >= 0.3 is 12.1 Å². The molecule has 0 fully saturated rings. The first kappa shape index (κ1) is 21.9. The minimum Gasteiger partial charge on any atom is -0.457 e. The number of hydrogen-bond acceptors (Lipinski definition) is 4. The lowest BCUT2D eigenvalue weighted by Crippen LogP contribution is -2.41. The van der Waals surface area contributed by atoms with E-state index in [4.69, 9.17) is 4.74 Å². The van der Waals surface area contributed by atoms with Gasteiger partial charge in [-0.15, -0.1) is 0 Å². The predicted octanol–water partition coefficient (Wildman–Crippen LogP) is 5.27. The number of benzene rings is 2. The van der Waals surface area contributed by atoms with E-state index in [-0.39, 0.29) is 29.9 Å². The molecule has 7 heteroatoms. The number of ketones is 1. The van der Waals surface area contributed by atoms with Crippen LogP contribution in [-0.4, -0.2) is 11.8 Å². The van der Waals surface area contributed by atoms with Crippen LogP contribution in [-0.2, 0) is 27.1 Å². The van der Waals surface area contributed by atoms with Crippen molar-refractivity contribution in [3.63, 3.8) is 0 Å². The Bertz CT molecular complexity index is 1100. The molecule has 0 amide bonds. The second-order valence-corrected chi connectivity index (χ2v) is 7.93. The largest absolute Gasteiger partial charge is 0.457 e. The summed E-state index contributed by atoms with van der Waals surface area (Å²) < 4.78 is 47.1. The molecule has 4 rings (SSSR count). The van der Waals surface area contributed by atoms with Crippen LogP contribution in [0.1, 0.15) is 42.4 Å². The quantitative estimate of drug-likeness (QED) is 0.657. The summed E-state index contributed by atoms with van der Waals surface area (Å²) in [5, 5.41) is 3.07. The Kier molecular flexibility index (Phi) is 5.91. The number of nitrogens with one attached hydrogen (secondary N) is 1. The fraction of sp³-hybridized carbons (Fsp3) is 0.280. The SMILES string of the molecule is CC1=C(C(=O)OCc2ccccc2)C(c2ccccc2C(F)(F)F)C2C(=O)CCC=C2N1. The molecule has 0 bridgehead atoms. The molecule has 0 spiro atoms. The summed E-state index contributed by atoms with van der Waals surface area (Å²) in [6.07, 6.45) is -2.08. The lowest BCUT2D eigenvalue weighted by atomic mass is 9.70. The molecular weight excluding hydrogens is 419 g/mol. The van der Waals surface area contributed by atoms with Gasteiger partial charge in [-0.3, -0.25) is 4.79 Å². The molecule has 0 radical (unpaired) electrons. The van der Waals surface area contributed by atoms with Crippen molar-refractivity contribution < 1.29 is 27.5 Å². The number of allylic oxidation sites excluding steroid dienone is 3. The van der Waals surface area contributed by atoms with Gasteiger partial charge < -0.3 is 10.1 Å². The summed E-state index contributed by atoms with van der Waals surface area (Å²) in [5.41, 5.74) is 0.784. The van der Waals surface area contributed by atoms with Crippen molar-refractivity contribution in [2.45, 2.75) is 38.5 Å². The third kappa shape index (κ3) is 4.20. The van der Waals surface area contributed by atoms with E-state index in [1.165, 1.54) is 18.2 Å². The molecule has 1 aliphatic heterocycles. The van der Waals surface area contributed by atoms with Gasteiger partial charge in [-0.25, -0.2) is 4.79 Å². The van der Waals surface area contributed by atoms with Gasteiger partial charge in [0.25, 0.3) is 0 Å². The highest BCUT2D eigenvalue weighted by Gasteiger charge is 2.46. The molecule has 2 unspecified atom stereocenters. The summed E-state index contributed by atoms with van der Waals surface area (Å²) in [7, 11) is 0. The molecule has 166 valence electrons. The predicted molar refractivity (Wildman–Crippen MR) is 112 cm³/mol. The van der Waals surface area contributed by atoms with E-state index in [0.29, 0.717) is 17.8 Å². The Morgan fingerprint density at radius 1 is 1.06 bits per heavy atom. The number of Topliss-reactive ketones (excluding diaryl/α,β-unsaturated/α-hetero) is 1. The van der Waals surface area contributed by atoms with Crippen molar-refractivity contribution in [1.82, 2.24) is 5.32 Å². The Morgan fingerprint density at radius 2 is 1.75 bits per heavy atom. The van der Waals surface area contributed by atoms with Crippen LogP contribution in [0.2, 0.25) is 0 Å². The van der Waals surface area contributed by atoms with Crippen LogP contribution in [0.3, 0.4) is 0 Å². The number of carbonyl (C=O) groups is 2. The van der Waals surface area contributed by atoms with Gasteiger partial charge in [-0.2, -0.15) is 13.2 Å².